The average Bonchev–Trinajstić information content (AvgIpc) is 2.55. The van der Waals surface area contributed by atoms with Gasteiger partial charge >= 0.3 is 5.97 Å². The van der Waals surface area contributed by atoms with Gasteiger partial charge in [0, 0.05) is 26.1 Å². The maximum absolute atomic E-state index is 11.0. The van der Waals surface area contributed by atoms with Crippen molar-refractivity contribution in [2.75, 3.05) is 33.4 Å². The molecule has 0 atom stereocenters. The van der Waals surface area contributed by atoms with Crippen molar-refractivity contribution in [2.24, 2.45) is 4.99 Å². The molecule has 122 valence electrons. The molecule has 0 aromatic heterocycles. The van der Waals surface area contributed by atoms with E-state index >= 15 is 0 Å². The molecule has 1 aromatic rings. The highest BCUT2D eigenvalue weighted by Crippen LogP contribution is 2.08. The normalized spacial score (nSPS) is 10.9. The zero-order chi connectivity index (χ0) is 16.0. The average molecular weight is 307 g/mol. The van der Waals surface area contributed by atoms with Crippen LogP contribution in [0, 0.1) is 0 Å². The molecule has 0 aliphatic heterocycles. The predicted molar refractivity (Wildman–Crippen MR) is 87.2 cm³/mol. The Morgan fingerprint density at radius 1 is 1.23 bits per heavy atom. The second kappa shape index (κ2) is 11.4. The lowest BCUT2D eigenvalue weighted by Crippen LogP contribution is -2.38. The van der Waals surface area contributed by atoms with Crippen molar-refractivity contribution in [3.63, 3.8) is 0 Å². The quantitative estimate of drug-likeness (QED) is 0.314. The largest absolute Gasteiger partial charge is 0.494 e. The molecule has 0 bridgehead atoms. The molecule has 1 rings (SSSR count). The Morgan fingerprint density at radius 3 is 2.68 bits per heavy atom. The molecule has 6 nitrogen and oxygen atoms in total. The number of carbonyl (C=O) groups is 1. The monoisotopic (exact) mass is 307 g/mol. The summed E-state index contributed by atoms with van der Waals surface area (Å²) in [6, 6.07) is 9.72. The van der Waals surface area contributed by atoms with Crippen molar-refractivity contribution in [3.05, 3.63) is 30.3 Å². The van der Waals surface area contributed by atoms with Gasteiger partial charge in [-0.25, -0.2) is 0 Å². The lowest BCUT2D eigenvalue weighted by Gasteiger charge is -2.10. The fourth-order valence-electron chi connectivity index (χ4n) is 1.69. The van der Waals surface area contributed by atoms with Crippen molar-refractivity contribution in [1.29, 1.82) is 0 Å². The molecule has 0 aliphatic carbocycles. The Balaban J connectivity index is 2.22. The van der Waals surface area contributed by atoms with E-state index in [0.717, 1.165) is 18.7 Å². The molecule has 22 heavy (non-hydrogen) atoms. The van der Waals surface area contributed by atoms with Gasteiger partial charge in [0.05, 0.1) is 20.1 Å². The second-order valence-corrected chi connectivity index (χ2v) is 4.53. The highest BCUT2D eigenvalue weighted by molar-refractivity contribution is 5.80. The molecule has 0 fully saturated rings. The molecule has 2 N–H and O–H groups in total. The van der Waals surface area contributed by atoms with Crippen LogP contribution in [0.1, 0.15) is 19.8 Å². The van der Waals surface area contributed by atoms with Crippen LogP contribution < -0.4 is 15.4 Å². The van der Waals surface area contributed by atoms with Gasteiger partial charge in [-0.2, -0.15) is 0 Å². The van der Waals surface area contributed by atoms with E-state index in [0.29, 0.717) is 32.1 Å². The number of nitrogens with zero attached hydrogens (tertiary/aromatic N) is 1. The fraction of sp³-hybridized carbons (Fsp3) is 0.500. The Bertz CT molecular complexity index is 449. The van der Waals surface area contributed by atoms with Gasteiger partial charge < -0.3 is 20.1 Å². The Kier molecular flexibility index (Phi) is 9.25. The van der Waals surface area contributed by atoms with E-state index in [1.807, 2.05) is 37.3 Å². The van der Waals surface area contributed by atoms with Crippen LogP contribution in [-0.2, 0) is 9.53 Å². The number of hydrogen-bond donors (Lipinski definition) is 2. The van der Waals surface area contributed by atoms with Gasteiger partial charge in [-0.3, -0.25) is 9.79 Å². The number of guanidine groups is 1. The first kappa shape index (κ1) is 17.8. The third kappa shape index (κ3) is 8.14. The van der Waals surface area contributed by atoms with E-state index in [9.17, 15) is 4.79 Å². The van der Waals surface area contributed by atoms with E-state index in [2.05, 4.69) is 20.4 Å². The summed E-state index contributed by atoms with van der Waals surface area (Å²) in [7, 11) is 1.38. The highest BCUT2D eigenvalue weighted by Gasteiger charge is 2.01. The van der Waals surface area contributed by atoms with E-state index in [1.165, 1.54) is 7.11 Å². The molecule has 0 amide bonds. The molecule has 1 aromatic carbocycles. The van der Waals surface area contributed by atoms with E-state index in [1.54, 1.807) is 0 Å². The first-order valence-electron chi connectivity index (χ1n) is 7.53. The molecular formula is C16H25N3O3. The van der Waals surface area contributed by atoms with Gasteiger partial charge in [-0.1, -0.05) is 18.2 Å². The molecule has 0 unspecified atom stereocenters. The standard InChI is InChI=1S/C16H25N3O3/c1-3-17-16(19-12-10-15(20)21-2)18-11-7-13-22-14-8-5-4-6-9-14/h4-6,8-9H,3,7,10-13H2,1-2H3,(H2,17,18,19). The molecular weight excluding hydrogens is 282 g/mol. The molecule has 0 aliphatic rings. The van der Waals surface area contributed by atoms with Crippen molar-refractivity contribution < 1.29 is 14.3 Å². The maximum atomic E-state index is 11.0. The molecule has 0 spiro atoms. The van der Waals surface area contributed by atoms with Crippen molar-refractivity contribution in [1.82, 2.24) is 10.6 Å². The minimum Gasteiger partial charge on any atom is -0.494 e. The van der Waals surface area contributed by atoms with E-state index < -0.39 is 0 Å². The summed E-state index contributed by atoms with van der Waals surface area (Å²) in [4.78, 5) is 15.5. The molecule has 6 heteroatoms. The summed E-state index contributed by atoms with van der Waals surface area (Å²) >= 11 is 0. The third-order valence-electron chi connectivity index (χ3n) is 2.78. The van der Waals surface area contributed by atoms with Gasteiger partial charge in [0.1, 0.15) is 5.75 Å². The highest BCUT2D eigenvalue weighted by atomic mass is 16.5. The van der Waals surface area contributed by atoms with E-state index in [-0.39, 0.29) is 5.97 Å². The van der Waals surface area contributed by atoms with Crippen molar-refractivity contribution in [2.45, 2.75) is 19.8 Å². The smallest absolute Gasteiger partial charge is 0.307 e. The number of nitrogens with one attached hydrogen (secondary N) is 2. The van der Waals surface area contributed by atoms with Crippen LogP contribution in [0.5, 0.6) is 5.75 Å². The van der Waals surface area contributed by atoms with Gasteiger partial charge in [0.25, 0.3) is 0 Å². The number of rotatable bonds is 9. The van der Waals surface area contributed by atoms with Crippen LogP contribution in [0.25, 0.3) is 0 Å². The number of hydrogen-bond acceptors (Lipinski definition) is 4. The Morgan fingerprint density at radius 2 is 2.00 bits per heavy atom. The van der Waals surface area contributed by atoms with Gasteiger partial charge in [-0.05, 0) is 19.1 Å². The Hall–Kier alpha value is -2.24. The molecule has 0 saturated carbocycles. The maximum Gasteiger partial charge on any atom is 0.307 e. The Labute approximate surface area is 131 Å². The van der Waals surface area contributed by atoms with Crippen LogP contribution >= 0.6 is 0 Å². The summed E-state index contributed by atoms with van der Waals surface area (Å²) in [6.45, 7) is 4.54. The molecule has 0 saturated heterocycles. The first-order chi connectivity index (χ1) is 10.8. The minimum absolute atomic E-state index is 0.236. The number of methoxy groups -OCH3 is 1. The molecule has 0 heterocycles. The van der Waals surface area contributed by atoms with Gasteiger partial charge in [-0.15, -0.1) is 0 Å². The van der Waals surface area contributed by atoms with Crippen molar-refractivity contribution in [3.8, 4) is 5.75 Å². The first-order valence-corrected chi connectivity index (χ1v) is 7.53. The van der Waals surface area contributed by atoms with Crippen LogP contribution in [0.3, 0.4) is 0 Å². The van der Waals surface area contributed by atoms with Gasteiger partial charge in [0.2, 0.25) is 0 Å². The van der Waals surface area contributed by atoms with Crippen LogP contribution in [0.2, 0.25) is 0 Å². The summed E-state index contributed by atoms with van der Waals surface area (Å²) in [5.41, 5.74) is 0. The van der Waals surface area contributed by atoms with Crippen LogP contribution in [0.15, 0.2) is 35.3 Å². The van der Waals surface area contributed by atoms with Crippen LogP contribution in [-0.4, -0.2) is 45.3 Å². The molecule has 0 radical (unpaired) electrons. The summed E-state index contributed by atoms with van der Waals surface area (Å²) in [6.07, 6.45) is 1.14. The fourth-order valence-corrected chi connectivity index (χ4v) is 1.69. The number of aliphatic imine (C=N–C) groups is 1. The SMILES string of the molecule is CCNC(=NCCCOc1ccccc1)NCCC(=O)OC. The summed E-state index contributed by atoms with van der Waals surface area (Å²) in [5, 5.41) is 6.22. The van der Waals surface area contributed by atoms with Crippen LogP contribution in [0.4, 0.5) is 0 Å². The summed E-state index contributed by atoms with van der Waals surface area (Å²) in [5.74, 6) is 1.33. The number of para-hydroxylation sites is 1. The summed E-state index contributed by atoms with van der Waals surface area (Å²) < 4.78 is 10.2. The van der Waals surface area contributed by atoms with E-state index in [4.69, 9.17) is 4.74 Å². The number of ether oxygens (including phenoxy) is 2. The lowest BCUT2D eigenvalue weighted by atomic mass is 10.3. The number of esters is 1. The predicted octanol–water partition coefficient (Wildman–Crippen LogP) is 1.57. The van der Waals surface area contributed by atoms with Crippen molar-refractivity contribution >= 4 is 11.9 Å². The third-order valence-corrected chi connectivity index (χ3v) is 2.78. The lowest BCUT2D eigenvalue weighted by molar-refractivity contribution is -0.140. The van der Waals surface area contributed by atoms with Gasteiger partial charge in [0.15, 0.2) is 5.96 Å². The topological polar surface area (TPSA) is 72.0 Å². The second-order valence-electron chi connectivity index (χ2n) is 4.53. The zero-order valence-corrected chi connectivity index (χ0v) is 13.3. The minimum atomic E-state index is -0.236. The number of carbonyl (C=O) groups excluding carboxylic acids is 1. The number of benzene rings is 1. The zero-order valence-electron chi connectivity index (χ0n) is 13.3.